The van der Waals surface area contributed by atoms with Crippen LogP contribution < -0.4 is 10.6 Å². The number of nitrogens with one attached hydrogen (secondary N) is 2. The molecule has 5 unspecified atom stereocenters. The zero-order valence-electron chi connectivity index (χ0n) is 15.9. The van der Waals surface area contributed by atoms with Crippen molar-refractivity contribution in [3.63, 3.8) is 0 Å². The van der Waals surface area contributed by atoms with E-state index < -0.39 is 0 Å². The smallest absolute Gasteiger partial charge is 0.239 e. The Morgan fingerprint density at radius 1 is 1.20 bits per heavy atom. The number of piperidine rings is 1. The van der Waals surface area contributed by atoms with Crippen molar-refractivity contribution >= 4 is 11.8 Å². The van der Waals surface area contributed by atoms with Crippen molar-refractivity contribution in [2.75, 3.05) is 13.1 Å². The van der Waals surface area contributed by atoms with Crippen molar-refractivity contribution in [2.24, 2.45) is 11.8 Å². The van der Waals surface area contributed by atoms with Gasteiger partial charge in [-0.1, -0.05) is 26.2 Å². The highest BCUT2D eigenvalue weighted by atomic mass is 16.2. The second-order valence-corrected chi connectivity index (χ2v) is 8.43. The number of fused-ring (bicyclic) bond motifs is 1. The van der Waals surface area contributed by atoms with Crippen molar-refractivity contribution in [3.05, 3.63) is 0 Å². The van der Waals surface area contributed by atoms with Crippen molar-refractivity contribution in [2.45, 2.75) is 89.8 Å². The van der Waals surface area contributed by atoms with Gasteiger partial charge in [-0.25, -0.2) is 0 Å². The Labute approximate surface area is 152 Å². The Kier molecular flexibility index (Phi) is 6.37. The van der Waals surface area contributed by atoms with Gasteiger partial charge in [-0.2, -0.15) is 0 Å². The summed E-state index contributed by atoms with van der Waals surface area (Å²) in [5.41, 5.74) is 0. The molecule has 0 aromatic carbocycles. The minimum atomic E-state index is -0.0410. The van der Waals surface area contributed by atoms with Crippen LogP contribution in [0, 0.1) is 11.8 Å². The van der Waals surface area contributed by atoms with Crippen LogP contribution in [-0.4, -0.2) is 47.9 Å². The summed E-state index contributed by atoms with van der Waals surface area (Å²) >= 11 is 0. The minimum absolute atomic E-state index is 0.0195. The highest BCUT2D eigenvalue weighted by Crippen LogP contribution is 2.34. The van der Waals surface area contributed by atoms with Gasteiger partial charge in [0.2, 0.25) is 11.8 Å². The first-order chi connectivity index (χ1) is 12.1. The molecule has 25 heavy (non-hydrogen) atoms. The molecule has 5 atom stereocenters. The molecule has 2 heterocycles. The number of nitrogens with zero attached hydrogens (tertiary/aromatic N) is 1. The van der Waals surface area contributed by atoms with Crippen molar-refractivity contribution < 1.29 is 9.59 Å². The Balaban J connectivity index is 1.52. The maximum atomic E-state index is 13.0. The summed E-state index contributed by atoms with van der Waals surface area (Å²) in [6, 6.07) is 0.749. The zero-order chi connectivity index (χ0) is 17.8. The Morgan fingerprint density at radius 2 is 2.00 bits per heavy atom. The van der Waals surface area contributed by atoms with Crippen LogP contribution in [0.4, 0.5) is 0 Å². The van der Waals surface area contributed by atoms with E-state index in [-0.39, 0.29) is 29.8 Å². The topological polar surface area (TPSA) is 61.4 Å². The summed E-state index contributed by atoms with van der Waals surface area (Å²) in [6.07, 6.45) is 10.00. The number of hydrogen-bond donors (Lipinski definition) is 2. The monoisotopic (exact) mass is 349 g/mol. The lowest BCUT2D eigenvalue weighted by Gasteiger charge is -2.34. The molecule has 2 saturated heterocycles. The number of carbonyl (C=O) groups is 2. The van der Waals surface area contributed by atoms with Gasteiger partial charge in [-0.15, -0.1) is 0 Å². The number of amides is 2. The van der Waals surface area contributed by atoms with Gasteiger partial charge in [0.25, 0.3) is 0 Å². The molecule has 0 spiro atoms. The molecule has 1 aliphatic carbocycles. The SMILES string of the molecule is CCCC(C)NC(=O)C1CCCN(C(=O)C2CC3CCCCC3N2)C1. The van der Waals surface area contributed by atoms with E-state index in [1.807, 2.05) is 4.90 Å². The van der Waals surface area contributed by atoms with Crippen LogP contribution in [0.1, 0.15) is 71.6 Å². The first kappa shape index (κ1) is 18.7. The third-order valence-electron chi connectivity index (χ3n) is 6.38. The van der Waals surface area contributed by atoms with Crippen LogP contribution in [-0.2, 0) is 9.59 Å². The fourth-order valence-electron chi connectivity index (χ4n) is 4.99. The van der Waals surface area contributed by atoms with Crippen molar-refractivity contribution in [3.8, 4) is 0 Å². The van der Waals surface area contributed by atoms with E-state index in [0.717, 1.165) is 38.6 Å². The quantitative estimate of drug-likeness (QED) is 0.801. The first-order valence-electron chi connectivity index (χ1n) is 10.4. The Bertz CT molecular complexity index is 468. The molecule has 2 amide bonds. The second-order valence-electron chi connectivity index (χ2n) is 8.43. The lowest BCUT2D eigenvalue weighted by atomic mass is 9.85. The number of carbonyl (C=O) groups excluding carboxylic acids is 2. The van der Waals surface area contributed by atoms with E-state index >= 15 is 0 Å². The van der Waals surface area contributed by atoms with Gasteiger partial charge >= 0.3 is 0 Å². The molecule has 3 fully saturated rings. The molecule has 5 heteroatoms. The van der Waals surface area contributed by atoms with Crippen molar-refractivity contribution in [1.82, 2.24) is 15.5 Å². The van der Waals surface area contributed by atoms with E-state index in [9.17, 15) is 9.59 Å². The largest absolute Gasteiger partial charge is 0.353 e. The molecular formula is C20H35N3O2. The van der Waals surface area contributed by atoms with E-state index in [1.165, 1.54) is 25.7 Å². The van der Waals surface area contributed by atoms with Crippen LogP contribution >= 0.6 is 0 Å². The van der Waals surface area contributed by atoms with Gasteiger partial charge in [0.1, 0.15) is 0 Å². The van der Waals surface area contributed by atoms with Gasteiger partial charge in [0.15, 0.2) is 0 Å². The molecular weight excluding hydrogens is 314 g/mol. The average molecular weight is 350 g/mol. The van der Waals surface area contributed by atoms with Crippen LogP contribution in [0.15, 0.2) is 0 Å². The average Bonchev–Trinajstić information content (AvgIpc) is 3.05. The van der Waals surface area contributed by atoms with Gasteiger partial charge in [0.05, 0.1) is 12.0 Å². The van der Waals surface area contributed by atoms with E-state index in [2.05, 4.69) is 24.5 Å². The molecule has 0 bridgehead atoms. The fraction of sp³-hybridized carbons (Fsp3) is 0.900. The maximum absolute atomic E-state index is 13.0. The molecule has 142 valence electrons. The number of likely N-dealkylation sites (tertiary alicyclic amines) is 1. The minimum Gasteiger partial charge on any atom is -0.353 e. The molecule has 0 aromatic rings. The Hall–Kier alpha value is -1.10. The summed E-state index contributed by atoms with van der Waals surface area (Å²) in [5.74, 6) is 1.00. The summed E-state index contributed by atoms with van der Waals surface area (Å²) < 4.78 is 0. The molecule has 5 nitrogen and oxygen atoms in total. The lowest BCUT2D eigenvalue weighted by Crippen LogP contribution is -2.51. The molecule has 0 radical (unpaired) electrons. The normalized spacial score (nSPS) is 33.6. The second kappa shape index (κ2) is 8.52. The molecule has 3 aliphatic rings. The van der Waals surface area contributed by atoms with Crippen molar-refractivity contribution in [1.29, 1.82) is 0 Å². The van der Waals surface area contributed by atoms with Crippen LogP contribution in [0.25, 0.3) is 0 Å². The van der Waals surface area contributed by atoms with Gasteiger partial charge in [-0.3, -0.25) is 9.59 Å². The third-order valence-corrected chi connectivity index (χ3v) is 6.38. The molecule has 0 aromatic heterocycles. The van der Waals surface area contributed by atoms with Gasteiger partial charge in [-0.05, 0) is 51.4 Å². The number of hydrogen-bond acceptors (Lipinski definition) is 3. The Morgan fingerprint density at radius 3 is 2.76 bits per heavy atom. The number of rotatable bonds is 5. The maximum Gasteiger partial charge on any atom is 0.239 e. The predicted octanol–water partition coefficient (Wildman–Crippen LogP) is 2.45. The molecule has 2 N–H and O–H groups in total. The van der Waals surface area contributed by atoms with E-state index in [1.54, 1.807) is 0 Å². The molecule has 3 rings (SSSR count). The van der Waals surface area contributed by atoms with Gasteiger partial charge < -0.3 is 15.5 Å². The highest BCUT2D eigenvalue weighted by molar-refractivity contribution is 5.84. The summed E-state index contributed by atoms with van der Waals surface area (Å²) in [4.78, 5) is 27.4. The molecule has 2 aliphatic heterocycles. The lowest BCUT2D eigenvalue weighted by molar-refractivity contribution is -0.137. The van der Waals surface area contributed by atoms with Crippen LogP contribution in [0.2, 0.25) is 0 Å². The fourth-order valence-corrected chi connectivity index (χ4v) is 4.99. The molecule has 1 saturated carbocycles. The first-order valence-corrected chi connectivity index (χ1v) is 10.4. The highest BCUT2D eigenvalue weighted by Gasteiger charge is 2.40. The zero-order valence-corrected chi connectivity index (χ0v) is 15.9. The standard InChI is InChI=1S/C20H35N3O2/c1-3-7-14(2)21-19(24)16-9-6-11-23(13-16)20(25)18-12-15-8-4-5-10-17(15)22-18/h14-18,22H,3-13H2,1-2H3,(H,21,24). The summed E-state index contributed by atoms with van der Waals surface area (Å²) in [5, 5.41) is 6.72. The van der Waals surface area contributed by atoms with Crippen LogP contribution in [0.3, 0.4) is 0 Å². The van der Waals surface area contributed by atoms with E-state index in [0.29, 0.717) is 18.5 Å². The van der Waals surface area contributed by atoms with E-state index in [4.69, 9.17) is 0 Å². The van der Waals surface area contributed by atoms with Gasteiger partial charge in [0, 0.05) is 25.2 Å². The predicted molar refractivity (Wildman–Crippen MR) is 99.1 cm³/mol. The summed E-state index contributed by atoms with van der Waals surface area (Å²) in [6.45, 7) is 5.60. The summed E-state index contributed by atoms with van der Waals surface area (Å²) in [7, 11) is 0. The van der Waals surface area contributed by atoms with Crippen LogP contribution in [0.5, 0.6) is 0 Å². The third kappa shape index (κ3) is 4.55.